The van der Waals surface area contributed by atoms with E-state index in [0.717, 1.165) is 57.8 Å². The number of carbonyl (C=O) groups excluding carboxylic acids is 2. The van der Waals surface area contributed by atoms with Crippen LogP contribution in [-0.4, -0.2) is 99.6 Å². The Morgan fingerprint density at radius 1 is 0.514 bits per heavy atom. The van der Waals surface area contributed by atoms with Crippen LogP contribution in [0.5, 0.6) is 0 Å². The minimum absolute atomic E-state index is 0.127. The van der Waals surface area contributed by atoms with Crippen LogP contribution < -0.4 is 5.32 Å². The minimum Gasteiger partial charge on any atom is -0.454 e. The standard InChI is InChI=1S/C63H119NO10/c1-4-7-10-13-16-19-22-24-25-26-27-28-29-30-31-33-36-39-42-45-48-51-58(68)74-61-60(70)59(69)57(52-65)73-63(61)72-53-54(55(66)49-46-43-40-37-34-21-18-15-12-9-6-3)64-62(71)56(67)50-47-44-41-38-35-32-23-20-17-14-11-8-5-2/h24-25,46,49,54-57,59-61,63,65-67,69-70H,4-23,26-45,47-48,50-53H2,1-3H3,(H,64,71)/b25-24+,49-46+. The molecule has 0 bridgehead atoms. The molecule has 0 aromatic heterocycles. The maximum atomic E-state index is 13.4. The summed E-state index contributed by atoms with van der Waals surface area (Å²) >= 11 is 0. The van der Waals surface area contributed by atoms with Gasteiger partial charge >= 0.3 is 5.97 Å². The minimum atomic E-state index is -1.61. The van der Waals surface area contributed by atoms with Crippen molar-refractivity contribution in [1.29, 1.82) is 0 Å². The summed E-state index contributed by atoms with van der Waals surface area (Å²) in [4.78, 5) is 26.5. The fraction of sp³-hybridized carbons (Fsp3) is 0.905. The van der Waals surface area contributed by atoms with E-state index in [-0.39, 0.29) is 13.0 Å². The van der Waals surface area contributed by atoms with Crippen LogP contribution in [0.4, 0.5) is 0 Å². The lowest BCUT2D eigenvalue weighted by Gasteiger charge is -2.41. The second-order valence-corrected chi connectivity index (χ2v) is 22.1. The van der Waals surface area contributed by atoms with Gasteiger partial charge in [-0.05, 0) is 51.4 Å². The maximum Gasteiger partial charge on any atom is 0.306 e. The largest absolute Gasteiger partial charge is 0.454 e. The molecule has 0 saturated carbocycles. The number of aliphatic hydroxyl groups is 5. The first-order valence-electron chi connectivity index (χ1n) is 31.6. The van der Waals surface area contributed by atoms with Gasteiger partial charge in [0.2, 0.25) is 5.91 Å². The van der Waals surface area contributed by atoms with Crippen LogP contribution >= 0.6 is 0 Å². The SMILES string of the molecule is CCCCCCCC/C=C/CCCCCCCCCCCCCC(=O)OC1C(OCC(NC(=O)C(O)CCCCCCCCCCCCCCC)C(O)/C=C/CCCCCCCCCCC)OC(CO)C(O)C1O. The first-order valence-corrected chi connectivity index (χ1v) is 31.6. The number of hydrogen-bond donors (Lipinski definition) is 6. The fourth-order valence-corrected chi connectivity index (χ4v) is 10.1. The van der Waals surface area contributed by atoms with Crippen LogP contribution in [0.2, 0.25) is 0 Å². The van der Waals surface area contributed by atoms with E-state index in [0.29, 0.717) is 19.3 Å². The van der Waals surface area contributed by atoms with Crippen molar-refractivity contribution in [2.45, 2.75) is 352 Å². The van der Waals surface area contributed by atoms with Gasteiger partial charge in [0.05, 0.1) is 25.4 Å². The molecular formula is C63H119NO10. The zero-order valence-electron chi connectivity index (χ0n) is 48.2. The average Bonchev–Trinajstić information content (AvgIpc) is 3.40. The lowest BCUT2D eigenvalue weighted by molar-refractivity contribution is -0.305. The quantitative estimate of drug-likeness (QED) is 0.0195. The Labute approximate surface area is 454 Å². The number of allylic oxidation sites excluding steroid dienone is 3. The summed E-state index contributed by atoms with van der Waals surface area (Å²) in [6.45, 7) is 5.80. The number of hydrogen-bond acceptors (Lipinski definition) is 10. The monoisotopic (exact) mass is 1050 g/mol. The molecule has 0 radical (unpaired) electrons. The smallest absolute Gasteiger partial charge is 0.306 e. The number of amides is 1. The van der Waals surface area contributed by atoms with Crippen molar-refractivity contribution in [1.82, 2.24) is 5.32 Å². The van der Waals surface area contributed by atoms with Crippen LogP contribution in [0.3, 0.4) is 0 Å². The summed E-state index contributed by atoms with van der Waals surface area (Å²) in [5.74, 6) is -1.18. The predicted molar refractivity (Wildman–Crippen MR) is 306 cm³/mol. The Morgan fingerprint density at radius 2 is 0.892 bits per heavy atom. The number of ether oxygens (including phenoxy) is 3. The summed E-state index contributed by atoms with van der Waals surface area (Å²) in [7, 11) is 0. The van der Waals surface area contributed by atoms with Crippen molar-refractivity contribution in [2.24, 2.45) is 0 Å². The van der Waals surface area contributed by atoms with Crippen LogP contribution in [0.25, 0.3) is 0 Å². The van der Waals surface area contributed by atoms with Crippen molar-refractivity contribution < 1.29 is 49.3 Å². The van der Waals surface area contributed by atoms with Crippen LogP contribution in [0.1, 0.15) is 303 Å². The third-order valence-corrected chi connectivity index (χ3v) is 15.1. The van der Waals surface area contributed by atoms with Gasteiger partial charge in [-0.15, -0.1) is 0 Å². The number of carbonyl (C=O) groups is 2. The van der Waals surface area contributed by atoms with Gasteiger partial charge in [-0.1, -0.05) is 270 Å². The molecule has 1 fully saturated rings. The highest BCUT2D eigenvalue weighted by atomic mass is 16.7. The van der Waals surface area contributed by atoms with E-state index in [1.165, 1.54) is 199 Å². The van der Waals surface area contributed by atoms with E-state index in [4.69, 9.17) is 14.2 Å². The van der Waals surface area contributed by atoms with E-state index in [1.54, 1.807) is 6.08 Å². The highest BCUT2D eigenvalue weighted by Crippen LogP contribution is 2.26. The van der Waals surface area contributed by atoms with Crippen molar-refractivity contribution >= 4 is 11.9 Å². The van der Waals surface area contributed by atoms with Gasteiger partial charge in [-0.2, -0.15) is 0 Å². The zero-order chi connectivity index (χ0) is 54.0. The van der Waals surface area contributed by atoms with Crippen LogP contribution in [0.15, 0.2) is 24.3 Å². The summed E-state index contributed by atoms with van der Waals surface area (Å²) in [5, 5.41) is 56.9. The van der Waals surface area contributed by atoms with Crippen molar-refractivity contribution in [3.63, 3.8) is 0 Å². The molecule has 6 N–H and O–H groups in total. The lowest BCUT2D eigenvalue weighted by Crippen LogP contribution is -2.61. The van der Waals surface area contributed by atoms with Gasteiger partial charge in [-0.3, -0.25) is 9.59 Å². The zero-order valence-corrected chi connectivity index (χ0v) is 48.2. The molecular weight excluding hydrogens is 931 g/mol. The average molecular weight is 1050 g/mol. The Morgan fingerprint density at radius 3 is 1.31 bits per heavy atom. The van der Waals surface area contributed by atoms with Crippen molar-refractivity contribution in [3.05, 3.63) is 24.3 Å². The van der Waals surface area contributed by atoms with E-state index >= 15 is 0 Å². The van der Waals surface area contributed by atoms with Crippen LogP contribution in [-0.2, 0) is 23.8 Å². The Hall–Kier alpha value is -1.86. The third-order valence-electron chi connectivity index (χ3n) is 15.1. The lowest BCUT2D eigenvalue weighted by atomic mass is 9.99. The highest BCUT2D eigenvalue weighted by Gasteiger charge is 2.47. The Bertz CT molecular complexity index is 1300. The maximum absolute atomic E-state index is 13.4. The van der Waals surface area contributed by atoms with Gasteiger partial charge in [0.1, 0.15) is 24.4 Å². The number of aliphatic hydroxyl groups excluding tert-OH is 5. The van der Waals surface area contributed by atoms with E-state index < -0.39 is 67.4 Å². The van der Waals surface area contributed by atoms with E-state index in [1.807, 2.05) is 6.08 Å². The molecule has 0 aromatic rings. The summed E-state index contributed by atoms with van der Waals surface area (Å²) in [5.41, 5.74) is 0. The number of rotatable bonds is 54. The Kier molecular flexibility index (Phi) is 49.2. The van der Waals surface area contributed by atoms with Crippen molar-refractivity contribution in [2.75, 3.05) is 13.2 Å². The number of unbranched alkanes of at least 4 members (excludes halogenated alkanes) is 38. The summed E-state index contributed by atoms with van der Waals surface area (Å²) in [6.07, 6.45) is 49.4. The molecule has 0 aromatic carbocycles. The second-order valence-electron chi connectivity index (χ2n) is 22.1. The Balaban J connectivity index is 2.61. The molecule has 436 valence electrons. The summed E-state index contributed by atoms with van der Waals surface area (Å²) in [6, 6.07) is -1.02. The van der Waals surface area contributed by atoms with Crippen LogP contribution in [0, 0.1) is 0 Å². The molecule has 1 aliphatic heterocycles. The third kappa shape index (κ3) is 39.5. The normalized spacial score (nSPS) is 19.4. The molecule has 11 nitrogen and oxygen atoms in total. The second kappa shape index (κ2) is 51.9. The molecule has 1 rings (SSSR count). The topological polar surface area (TPSA) is 175 Å². The van der Waals surface area contributed by atoms with Crippen molar-refractivity contribution in [3.8, 4) is 0 Å². The fourth-order valence-electron chi connectivity index (χ4n) is 10.1. The van der Waals surface area contributed by atoms with Gasteiger partial charge < -0.3 is 45.1 Å². The first-order chi connectivity index (χ1) is 36.2. The molecule has 74 heavy (non-hydrogen) atoms. The highest BCUT2D eigenvalue weighted by molar-refractivity contribution is 5.80. The molecule has 1 heterocycles. The molecule has 1 aliphatic rings. The van der Waals surface area contributed by atoms with Gasteiger partial charge in [0, 0.05) is 6.42 Å². The van der Waals surface area contributed by atoms with E-state index in [9.17, 15) is 35.1 Å². The molecule has 0 spiro atoms. The number of nitrogens with one attached hydrogen (secondary N) is 1. The molecule has 11 heteroatoms. The molecule has 1 amide bonds. The summed E-state index contributed by atoms with van der Waals surface area (Å²) < 4.78 is 17.6. The van der Waals surface area contributed by atoms with Gasteiger partial charge in [0.25, 0.3) is 0 Å². The molecule has 1 saturated heterocycles. The molecule has 0 aliphatic carbocycles. The van der Waals surface area contributed by atoms with Gasteiger partial charge in [0.15, 0.2) is 12.4 Å². The first kappa shape index (κ1) is 70.2. The molecule has 8 atom stereocenters. The number of esters is 1. The van der Waals surface area contributed by atoms with E-state index in [2.05, 4.69) is 38.2 Å². The predicted octanol–water partition coefficient (Wildman–Crippen LogP) is 14.9. The molecule has 8 unspecified atom stereocenters. The van der Waals surface area contributed by atoms with Gasteiger partial charge in [-0.25, -0.2) is 0 Å².